The zero-order valence-corrected chi connectivity index (χ0v) is 9.14. The summed E-state index contributed by atoms with van der Waals surface area (Å²) in [7, 11) is 0. The summed E-state index contributed by atoms with van der Waals surface area (Å²) < 4.78 is 5.09. The van der Waals surface area contributed by atoms with Crippen molar-refractivity contribution in [3.05, 3.63) is 0 Å². The van der Waals surface area contributed by atoms with Crippen LogP contribution in [-0.2, 0) is 9.53 Å². The lowest BCUT2D eigenvalue weighted by Crippen LogP contribution is -2.25. The van der Waals surface area contributed by atoms with Crippen LogP contribution >= 0.6 is 23.2 Å². The molecule has 0 bridgehead atoms. The standard InChI is InChI=1S/C9H14Cl2O2/c1-6(7-4-2-3-5-7)13-9(12)8(10)11/h6-8H,2-5H2,1H3. The van der Waals surface area contributed by atoms with E-state index in [1.165, 1.54) is 12.8 Å². The summed E-state index contributed by atoms with van der Waals surface area (Å²) in [5.74, 6) is -0.0289. The van der Waals surface area contributed by atoms with E-state index in [9.17, 15) is 4.79 Å². The largest absolute Gasteiger partial charge is 0.460 e. The molecule has 0 amide bonds. The van der Waals surface area contributed by atoms with Gasteiger partial charge in [-0.05, 0) is 25.7 Å². The van der Waals surface area contributed by atoms with Crippen molar-refractivity contribution in [3.8, 4) is 0 Å². The molecule has 0 aromatic heterocycles. The number of carbonyl (C=O) groups excluding carboxylic acids is 1. The van der Waals surface area contributed by atoms with Crippen molar-refractivity contribution in [3.63, 3.8) is 0 Å². The molecule has 1 aliphatic rings. The Balaban J connectivity index is 2.31. The number of hydrogen-bond donors (Lipinski definition) is 0. The molecular weight excluding hydrogens is 211 g/mol. The molecule has 0 heterocycles. The summed E-state index contributed by atoms with van der Waals surface area (Å²) in [5.41, 5.74) is 0. The number of ether oxygens (including phenoxy) is 1. The topological polar surface area (TPSA) is 26.3 Å². The minimum atomic E-state index is -1.05. The molecule has 2 nitrogen and oxygen atoms in total. The van der Waals surface area contributed by atoms with Gasteiger partial charge >= 0.3 is 5.97 Å². The lowest BCUT2D eigenvalue weighted by atomic mass is 10.0. The van der Waals surface area contributed by atoms with Crippen LogP contribution in [0.1, 0.15) is 32.6 Å². The molecule has 4 heteroatoms. The Bertz CT molecular complexity index is 176. The highest BCUT2D eigenvalue weighted by molar-refractivity contribution is 6.52. The summed E-state index contributed by atoms with van der Waals surface area (Å²) in [6.07, 6.45) is 4.71. The van der Waals surface area contributed by atoms with Crippen LogP contribution in [0.15, 0.2) is 0 Å². The Labute approximate surface area is 88.5 Å². The van der Waals surface area contributed by atoms with Crippen LogP contribution in [0.4, 0.5) is 0 Å². The van der Waals surface area contributed by atoms with E-state index in [1.807, 2.05) is 6.92 Å². The average molecular weight is 225 g/mol. The fourth-order valence-electron chi connectivity index (χ4n) is 1.76. The molecule has 1 aliphatic carbocycles. The molecule has 1 atom stereocenters. The number of carbonyl (C=O) groups is 1. The van der Waals surface area contributed by atoms with E-state index in [1.54, 1.807) is 0 Å². The summed E-state index contributed by atoms with van der Waals surface area (Å²) in [5, 5.41) is 0. The van der Waals surface area contributed by atoms with Crippen LogP contribution in [0.25, 0.3) is 0 Å². The molecule has 0 aromatic rings. The lowest BCUT2D eigenvalue weighted by Gasteiger charge is -2.19. The first-order valence-electron chi connectivity index (χ1n) is 4.60. The molecule has 0 N–H and O–H groups in total. The Hall–Kier alpha value is 0.0500. The van der Waals surface area contributed by atoms with Crippen molar-refractivity contribution in [1.82, 2.24) is 0 Å². The van der Waals surface area contributed by atoms with E-state index in [0.29, 0.717) is 5.92 Å². The Morgan fingerprint density at radius 2 is 1.92 bits per heavy atom. The summed E-state index contributed by atoms with van der Waals surface area (Å²) in [6, 6.07) is 0. The average Bonchev–Trinajstić information content (AvgIpc) is 2.55. The van der Waals surface area contributed by atoms with Crippen molar-refractivity contribution in [2.24, 2.45) is 5.92 Å². The number of esters is 1. The maximum absolute atomic E-state index is 11.0. The van der Waals surface area contributed by atoms with Crippen LogP contribution in [0.2, 0.25) is 0 Å². The third kappa shape index (κ3) is 3.35. The van der Waals surface area contributed by atoms with Crippen molar-refractivity contribution in [2.45, 2.75) is 43.5 Å². The van der Waals surface area contributed by atoms with Crippen LogP contribution in [0, 0.1) is 5.92 Å². The second kappa shape index (κ2) is 5.06. The number of rotatable bonds is 3. The zero-order valence-electron chi connectivity index (χ0n) is 7.63. The minimum absolute atomic E-state index is 0.0463. The molecule has 0 aromatic carbocycles. The van der Waals surface area contributed by atoms with Crippen LogP contribution in [0.3, 0.4) is 0 Å². The van der Waals surface area contributed by atoms with Crippen molar-refractivity contribution >= 4 is 29.2 Å². The molecule has 1 fully saturated rings. The highest BCUT2D eigenvalue weighted by atomic mass is 35.5. The van der Waals surface area contributed by atoms with Crippen LogP contribution < -0.4 is 0 Å². The summed E-state index contributed by atoms with van der Waals surface area (Å²) in [6.45, 7) is 1.91. The van der Waals surface area contributed by atoms with Gasteiger partial charge in [-0.1, -0.05) is 36.0 Å². The smallest absolute Gasteiger partial charge is 0.339 e. The first-order chi connectivity index (χ1) is 6.11. The predicted molar refractivity (Wildman–Crippen MR) is 53.0 cm³/mol. The van der Waals surface area contributed by atoms with Gasteiger partial charge in [-0.3, -0.25) is 0 Å². The third-order valence-electron chi connectivity index (χ3n) is 2.54. The van der Waals surface area contributed by atoms with Crippen LogP contribution in [-0.4, -0.2) is 16.9 Å². The summed E-state index contributed by atoms with van der Waals surface area (Å²) >= 11 is 10.7. The van der Waals surface area contributed by atoms with Gasteiger partial charge in [-0.25, -0.2) is 4.79 Å². The second-order valence-electron chi connectivity index (χ2n) is 3.49. The molecule has 76 valence electrons. The highest BCUT2D eigenvalue weighted by Crippen LogP contribution is 2.29. The maximum atomic E-state index is 11.0. The predicted octanol–water partition coefficient (Wildman–Crippen LogP) is 2.91. The molecule has 0 aliphatic heterocycles. The zero-order chi connectivity index (χ0) is 9.84. The van der Waals surface area contributed by atoms with E-state index in [2.05, 4.69) is 0 Å². The van der Waals surface area contributed by atoms with E-state index in [-0.39, 0.29) is 6.10 Å². The van der Waals surface area contributed by atoms with Gasteiger partial charge in [0.25, 0.3) is 0 Å². The van der Waals surface area contributed by atoms with Crippen molar-refractivity contribution < 1.29 is 9.53 Å². The quantitative estimate of drug-likeness (QED) is 0.545. The molecule has 0 radical (unpaired) electrons. The van der Waals surface area contributed by atoms with Gasteiger partial charge in [-0.2, -0.15) is 0 Å². The fourth-order valence-corrected chi connectivity index (χ4v) is 1.86. The molecule has 1 saturated carbocycles. The Kier molecular flexibility index (Phi) is 4.33. The van der Waals surface area contributed by atoms with Gasteiger partial charge in [0.15, 0.2) is 0 Å². The lowest BCUT2D eigenvalue weighted by molar-refractivity contribution is -0.148. The SMILES string of the molecule is CC(OC(=O)C(Cl)Cl)C1CCCC1. The second-order valence-corrected chi connectivity index (χ2v) is 4.58. The molecule has 0 saturated heterocycles. The van der Waals surface area contributed by atoms with Gasteiger partial charge in [0, 0.05) is 0 Å². The van der Waals surface area contributed by atoms with Crippen LogP contribution in [0.5, 0.6) is 0 Å². The third-order valence-corrected chi connectivity index (χ3v) is 2.90. The van der Waals surface area contributed by atoms with Gasteiger partial charge in [0.2, 0.25) is 4.84 Å². The van der Waals surface area contributed by atoms with Gasteiger partial charge in [-0.15, -0.1) is 0 Å². The molecule has 1 rings (SSSR count). The van der Waals surface area contributed by atoms with Crippen molar-refractivity contribution in [1.29, 1.82) is 0 Å². The van der Waals surface area contributed by atoms with Gasteiger partial charge < -0.3 is 4.74 Å². The minimum Gasteiger partial charge on any atom is -0.460 e. The molecule has 0 spiro atoms. The Morgan fingerprint density at radius 1 is 1.38 bits per heavy atom. The fraction of sp³-hybridized carbons (Fsp3) is 0.889. The first-order valence-corrected chi connectivity index (χ1v) is 5.47. The molecule has 1 unspecified atom stereocenters. The highest BCUT2D eigenvalue weighted by Gasteiger charge is 2.26. The summed E-state index contributed by atoms with van der Waals surface area (Å²) in [4.78, 5) is 9.97. The van der Waals surface area contributed by atoms with Crippen molar-refractivity contribution in [2.75, 3.05) is 0 Å². The van der Waals surface area contributed by atoms with E-state index in [0.717, 1.165) is 12.8 Å². The van der Waals surface area contributed by atoms with Gasteiger partial charge in [0.05, 0.1) is 0 Å². The maximum Gasteiger partial charge on any atom is 0.339 e. The Morgan fingerprint density at radius 3 is 2.38 bits per heavy atom. The number of alkyl halides is 2. The monoisotopic (exact) mass is 224 g/mol. The van der Waals surface area contributed by atoms with E-state index < -0.39 is 10.8 Å². The van der Waals surface area contributed by atoms with E-state index in [4.69, 9.17) is 27.9 Å². The molecule has 13 heavy (non-hydrogen) atoms. The number of halogens is 2. The normalized spacial score (nSPS) is 20.6. The van der Waals surface area contributed by atoms with Gasteiger partial charge in [0.1, 0.15) is 6.10 Å². The number of hydrogen-bond acceptors (Lipinski definition) is 2. The molecular formula is C9H14Cl2O2. The first kappa shape index (κ1) is 11.1. The van der Waals surface area contributed by atoms with E-state index >= 15 is 0 Å².